The highest BCUT2D eigenvalue weighted by Crippen LogP contribution is 2.40. The van der Waals surface area contributed by atoms with Crippen LogP contribution in [0.15, 0.2) is 86.9 Å². The van der Waals surface area contributed by atoms with Gasteiger partial charge >= 0.3 is 6.36 Å². The van der Waals surface area contributed by atoms with Crippen molar-refractivity contribution in [3.8, 4) is 5.75 Å². The summed E-state index contributed by atoms with van der Waals surface area (Å²) in [6.45, 7) is 8.10. The van der Waals surface area contributed by atoms with Crippen LogP contribution >= 0.6 is 11.8 Å². The van der Waals surface area contributed by atoms with Crippen LogP contribution in [0.25, 0.3) is 0 Å². The lowest BCUT2D eigenvalue weighted by molar-refractivity contribution is -0.274. The van der Waals surface area contributed by atoms with Gasteiger partial charge in [-0.2, -0.15) is 5.10 Å². The molecule has 3 aromatic rings. The van der Waals surface area contributed by atoms with Crippen molar-refractivity contribution in [2.75, 3.05) is 10.7 Å². The first-order valence-electron chi connectivity index (χ1n) is 13.0. The maximum absolute atomic E-state index is 12.3. The number of thioether (sulfide) groups is 1. The summed E-state index contributed by atoms with van der Waals surface area (Å²) in [4.78, 5) is 10.0. The van der Waals surface area contributed by atoms with Gasteiger partial charge in [-0.3, -0.25) is 4.90 Å². The van der Waals surface area contributed by atoms with Gasteiger partial charge in [-0.15, -0.1) is 18.3 Å². The van der Waals surface area contributed by atoms with Gasteiger partial charge in [-0.25, -0.2) is 9.98 Å². The maximum atomic E-state index is 12.3. The minimum absolute atomic E-state index is 0.207. The molecular weight excluding hydrogens is 565 g/mol. The molecule has 0 radical (unpaired) electrons. The first-order chi connectivity index (χ1) is 19.8. The molecule has 1 atom stereocenters. The first-order valence-corrected chi connectivity index (χ1v) is 14.0. The van der Waals surface area contributed by atoms with Gasteiger partial charge in [-0.05, 0) is 66.8 Å². The monoisotopic (exact) mass is 596 g/mol. The molecule has 8 nitrogen and oxygen atoms in total. The molecule has 1 aliphatic rings. The van der Waals surface area contributed by atoms with Crippen LogP contribution in [0.3, 0.4) is 0 Å². The molecule has 4 rings (SSSR count). The summed E-state index contributed by atoms with van der Waals surface area (Å²) in [5.74, 6) is 0.596. The van der Waals surface area contributed by atoms with Crippen LogP contribution in [-0.4, -0.2) is 46.5 Å². The summed E-state index contributed by atoms with van der Waals surface area (Å²) in [5.41, 5.74) is 9.99. The van der Waals surface area contributed by atoms with Crippen LogP contribution in [0, 0.1) is 6.92 Å². The zero-order valence-electron chi connectivity index (χ0n) is 23.5. The number of ether oxygens (including phenoxy) is 1. The fourth-order valence-corrected chi connectivity index (χ4v) is 5.50. The molecule has 12 heteroatoms. The quantitative estimate of drug-likeness (QED) is 0.170. The van der Waals surface area contributed by atoms with Gasteiger partial charge in [0, 0.05) is 17.0 Å². The number of hydrogen-bond acceptors (Lipinski definition) is 6. The van der Waals surface area contributed by atoms with Crippen molar-refractivity contribution in [3.63, 3.8) is 0 Å². The fraction of sp³-hybridized carbons (Fsp3) is 0.267. The second-order valence-electron chi connectivity index (χ2n) is 10.1. The molecule has 3 N–H and O–H groups in total. The van der Waals surface area contributed by atoms with Gasteiger partial charge in [0.25, 0.3) is 0 Å². The largest absolute Gasteiger partial charge is 0.573 e. The number of nitrogens with zero attached hydrogens (tertiary/aromatic N) is 5. The van der Waals surface area contributed by atoms with E-state index in [2.05, 4.69) is 51.8 Å². The van der Waals surface area contributed by atoms with E-state index in [-0.39, 0.29) is 17.5 Å². The maximum Gasteiger partial charge on any atom is 0.573 e. The summed E-state index contributed by atoms with van der Waals surface area (Å²) in [6, 6.07) is 18.3. The van der Waals surface area contributed by atoms with Crippen molar-refractivity contribution < 1.29 is 23.0 Å². The van der Waals surface area contributed by atoms with Gasteiger partial charge in [0.05, 0.1) is 11.9 Å². The number of aliphatic imine (C=N–C) groups is 2. The Kier molecular flexibility index (Phi) is 9.37. The van der Waals surface area contributed by atoms with E-state index in [0.29, 0.717) is 22.2 Å². The van der Waals surface area contributed by atoms with Crippen LogP contribution in [0.4, 0.5) is 24.5 Å². The van der Waals surface area contributed by atoms with E-state index in [0.717, 1.165) is 34.5 Å². The topological polar surface area (TPSA) is 108 Å². The van der Waals surface area contributed by atoms with Gasteiger partial charge < -0.3 is 15.6 Å². The minimum atomic E-state index is -4.75. The number of hydrogen-bond donors (Lipinski definition) is 2. The molecule has 0 amide bonds. The Morgan fingerprint density at radius 2 is 1.79 bits per heavy atom. The molecule has 1 fully saturated rings. The summed E-state index contributed by atoms with van der Waals surface area (Å²) >= 11 is 1.44. The van der Waals surface area contributed by atoms with Crippen molar-refractivity contribution >= 4 is 46.7 Å². The van der Waals surface area contributed by atoms with Crippen molar-refractivity contribution in [1.82, 2.24) is 0 Å². The second-order valence-corrected chi connectivity index (χ2v) is 11.0. The van der Waals surface area contributed by atoms with E-state index in [1.54, 1.807) is 25.3 Å². The zero-order valence-corrected chi connectivity index (χ0v) is 24.3. The lowest BCUT2D eigenvalue weighted by Crippen LogP contribution is -2.45. The molecule has 0 bridgehead atoms. The van der Waals surface area contributed by atoms with Crippen molar-refractivity contribution in [1.29, 1.82) is 0 Å². The molecule has 0 aliphatic carbocycles. The third-order valence-corrected chi connectivity index (χ3v) is 7.51. The Morgan fingerprint density at radius 3 is 2.43 bits per heavy atom. The lowest BCUT2D eigenvalue weighted by Gasteiger charge is -2.33. The second kappa shape index (κ2) is 12.8. The number of alkyl halides is 3. The van der Waals surface area contributed by atoms with Gasteiger partial charge in [0.15, 0.2) is 10.9 Å². The number of benzene rings is 3. The van der Waals surface area contributed by atoms with Crippen LogP contribution < -0.4 is 15.4 Å². The highest BCUT2D eigenvalue weighted by Gasteiger charge is 2.41. The molecular formula is C30H31F3N6O2S. The number of aryl methyl sites for hydroxylation is 1. The first kappa shape index (κ1) is 30.8. The lowest BCUT2D eigenvalue weighted by atomic mass is 9.95. The Bertz CT molecular complexity index is 1520. The summed E-state index contributed by atoms with van der Waals surface area (Å²) in [7, 11) is 0. The summed E-state index contributed by atoms with van der Waals surface area (Å²) in [5, 5.41) is 20.5. The Hall–Kier alpha value is -4.16. The Balaban J connectivity index is 1.43. The SMILES string of the molecule is Cc1cccc(N2/C(=N/N=C/c3ccc(C(N)=NC=Nc4ccc(OC(F)(F)F)cc4)cc3)SCC2(C)O)c1C(C)C. The van der Waals surface area contributed by atoms with Crippen molar-refractivity contribution in [2.45, 2.75) is 45.7 Å². The van der Waals surface area contributed by atoms with E-state index >= 15 is 0 Å². The van der Waals surface area contributed by atoms with E-state index in [4.69, 9.17) is 5.73 Å². The third kappa shape index (κ3) is 7.77. The standard InChI is InChI=1S/C30H31F3N6O2S/c1-19(2)26-20(3)6-5-7-25(26)39-28(42-17-29(39,4)40)38-37-16-21-8-10-22(11-9-21)27(34)36-18-35-23-12-14-24(15-13-23)41-30(31,32)33/h5-16,18-19,40H,17H2,1-4H3,(H2,34,35,36)/b37-16+,38-28-. The Labute approximate surface area is 246 Å². The fourth-order valence-electron chi connectivity index (χ4n) is 4.43. The predicted molar refractivity (Wildman–Crippen MR) is 164 cm³/mol. The number of amidine groups is 2. The van der Waals surface area contributed by atoms with Crippen LogP contribution in [0.1, 0.15) is 48.9 Å². The molecule has 1 unspecified atom stereocenters. The zero-order chi connectivity index (χ0) is 30.5. The molecule has 3 aromatic carbocycles. The average molecular weight is 597 g/mol. The molecule has 0 aromatic heterocycles. The predicted octanol–water partition coefficient (Wildman–Crippen LogP) is 6.73. The number of nitrogens with two attached hydrogens (primary N) is 1. The van der Waals surface area contributed by atoms with Crippen LogP contribution in [0.2, 0.25) is 0 Å². The number of rotatable bonds is 8. The average Bonchev–Trinajstić information content (AvgIpc) is 3.22. The molecule has 1 aliphatic heterocycles. The molecule has 1 saturated heterocycles. The highest BCUT2D eigenvalue weighted by molar-refractivity contribution is 8.14. The van der Waals surface area contributed by atoms with E-state index in [1.165, 1.54) is 30.2 Å². The normalized spacial score (nSPS) is 19.1. The van der Waals surface area contributed by atoms with E-state index in [1.807, 2.05) is 29.2 Å². The smallest absolute Gasteiger partial charge is 0.406 e. The number of aliphatic hydroxyl groups is 1. The number of halogens is 3. The minimum Gasteiger partial charge on any atom is -0.406 e. The molecule has 42 heavy (non-hydrogen) atoms. The van der Waals surface area contributed by atoms with Gasteiger partial charge in [-0.1, -0.05) is 62.0 Å². The summed E-state index contributed by atoms with van der Waals surface area (Å²) in [6.07, 6.45) is -1.92. The van der Waals surface area contributed by atoms with Gasteiger partial charge in [0.1, 0.15) is 17.9 Å². The molecule has 1 heterocycles. The Morgan fingerprint density at radius 1 is 1.10 bits per heavy atom. The molecule has 220 valence electrons. The van der Waals surface area contributed by atoms with Crippen LogP contribution in [0.5, 0.6) is 5.75 Å². The van der Waals surface area contributed by atoms with Crippen molar-refractivity contribution in [3.05, 3.63) is 89.0 Å². The van der Waals surface area contributed by atoms with Gasteiger partial charge in [0.2, 0.25) is 0 Å². The van der Waals surface area contributed by atoms with Crippen LogP contribution in [-0.2, 0) is 0 Å². The summed E-state index contributed by atoms with van der Waals surface area (Å²) < 4.78 is 40.7. The third-order valence-electron chi connectivity index (χ3n) is 6.30. The van der Waals surface area contributed by atoms with E-state index < -0.39 is 12.1 Å². The van der Waals surface area contributed by atoms with Crippen molar-refractivity contribution in [2.24, 2.45) is 25.9 Å². The highest BCUT2D eigenvalue weighted by atomic mass is 32.2. The molecule has 0 spiro atoms. The number of anilines is 1. The van der Waals surface area contributed by atoms with E-state index in [9.17, 15) is 18.3 Å². The molecule has 0 saturated carbocycles.